The lowest BCUT2D eigenvalue weighted by molar-refractivity contribution is -0.121. The number of benzene rings is 1. The molecule has 0 fully saturated rings. The molecule has 0 aliphatic carbocycles. The van der Waals surface area contributed by atoms with Crippen molar-refractivity contribution >= 4 is 11.8 Å². The van der Waals surface area contributed by atoms with E-state index in [4.69, 9.17) is 0 Å². The summed E-state index contributed by atoms with van der Waals surface area (Å²) in [5, 5.41) is 0. The molecule has 2 aromatic rings. The number of aromatic nitrogens is 2. The summed E-state index contributed by atoms with van der Waals surface area (Å²) in [4.78, 5) is 42.6. The van der Waals surface area contributed by atoms with E-state index in [-0.39, 0.29) is 17.8 Å². The Kier molecular flexibility index (Phi) is 5.47. The van der Waals surface area contributed by atoms with Crippen molar-refractivity contribution in [1.82, 2.24) is 20.8 Å². The molecule has 126 valence electrons. The number of amides is 2. The van der Waals surface area contributed by atoms with Gasteiger partial charge < -0.3 is 4.98 Å². The van der Waals surface area contributed by atoms with Crippen molar-refractivity contribution in [2.24, 2.45) is 0 Å². The predicted octanol–water partition coefficient (Wildman–Crippen LogP) is 0.953. The average molecular weight is 328 g/mol. The Morgan fingerprint density at radius 3 is 2.50 bits per heavy atom. The van der Waals surface area contributed by atoms with E-state index in [0.717, 1.165) is 5.56 Å². The van der Waals surface area contributed by atoms with Gasteiger partial charge in [-0.1, -0.05) is 25.1 Å². The molecule has 2 amide bonds. The first kappa shape index (κ1) is 17.4. The molecule has 0 aliphatic heterocycles. The molecule has 0 atom stereocenters. The Balaban J connectivity index is 1.98. The molecule has 1 aromatic carbocycles. The molecule has 1 heterocycles. The van der Waals surface area contributed by atoms with Crippen LogP contribution in [0.15, 0.2) is 29.1 Å². The van der Waals surface area contributed by atoms with Crippen molar-refractivity contribution < 1.29 is 9.59 Å². The van der Waals surface area contributed by atoms with Crippen molar-refractivity contribution in [2.75, 3.05) is 0 Å². The number of nitrogens with one attached hydrogen (secondary N) is 3. The van der Waals surface area contributed by atoms with E-state index >= 15 is 0 Å². The van der Waals surface area contributed by atoms with E-state index in [1.165, 1.54) is 0 Å². The second kappa shape index (κ2) is 7.54. The number of aryl methyl sites for hydroxylation is 2. The first-order valence-corrected chi connectivity index (χ1v) is 7.65. The fourth-order valence-electron chi connectivity index (χ4n) is 2.39. The van der Waals surface area contributed by atoms with Crippen LogP contribution in [0, 0.1) is 13.8 Å². The molecule has 0 bridgehead atoms. The molecule has 24 heavy (non-hydrogen) atoms. The molecule has 2 rings (SSSR count). The second-order valence-corrected chi connectivity index (χ2v) is 5.42. The third-order valence-corrected chi connectivity index (χ3v) is 3.66. The minimum absolute atomic E-state index is 0.131. The first-order valence-electron chi connectivity index (χ1n) is 7.65. The monoisotopic (exact) mass is 328 g/mol. The van der Waals surface area contributed by atoms with Crippen molar-refractivity contribution in [2.45, 2.75) is 33.6 Å². The van der Waals surface area contributed by atoms with Crippen LogP contribution < -0.4 is 16.4 Å². The van der Waals surface area contributed by atoms with Gasteiger partial charge in [0, 0.05) is 16.8 Å². The molecule has 0 saturated heterocycles. The van der Waals surface area contributed by atoms with E-state index in [9.17, 15) is 14.4 Å². The number of H-pyrrole nitrogens is 1. The maximum atomic E-state index is 12.0. The van der Waals surface area contributed by atoms with Crippen LogP contribution in [0.2, 0.25) is 0 Å². The number of aromatic amines is 1. The van der Waals surface area contributed by atoms with Gasteiger partial charge in [-0.3, -0.25) is 25.2 Å². The number of carbonyl (C=O) groups excluding carboxylic acids is 2. The fourth-order valence-corrected chi connectivity index (χ4v) is 2.39. The number of hydrogen-bond donors (Lipinski definition) is 3. The summed E-state index contributed by atoms with van der Waals surface area (Å²) in [6.07, 6.45) is 0.446. The predicted molar refractivity (Wildman–Crippen MR) is 89.5 cm³/mol. The third-order valence-electron chi connectivity index (χ3n) is 3.66. The van der Waals surface area contributed by atoms with E-state index in [1.54, 1.807) is 19.1 Å². The topological polar surface area (TPSA) is 104 Å². The maximum Gasteiger partial charge on any atom is 0.269 e. The molecule has 7 nitrogen and oxygen atoms in total. The Labute approximate surface area is 139 Å². The van der Waals surface area contributed by atoms with Gasteiger partial charge in [0.05, 0.1) is 6.42 Å². The smallest absolute Gasteiger partial charge is 0.269 e. The van der Waals surface area contributed by atoms with Gasteiger partial charge in [-0.05, 0) is 31.9 Å². The zero-order chi connectivity index (χ0) is 17.7. The van der Waals surface area contributed by atoms with Crippen LogP contribution in [-0.4, -0.2) is 21.8 Å². The Hall–Kier alpha value is -2.96. The standard InChI is InChI=1S/C17H20N4O3/c1-4-12-11(3)18-14(19-16(12)23)9-15(22)20-21-17(24)13-8-6-5-7-10(13)2/h5-8H,4,9H2,1-3H3,(H,20,22)(H,21,24)(H,18,19,23). The Morgan fingerprint density at radius 1 is 1.17 bits per heavy atom. The van der Waals surface area contributed by atoms with Crippen LogP contribution in [0.25, 0.3) is 0 Å². The number of nitrogens with zero attached hydrogens (tertiary/aromatic N) is 1. The molecule has 7 heteroatoms. The van der Waals surface area contributed by atoms with Gasteiger partial charge in [-0.25, -0.2) is 4.98 Å². The fraction of sp³-hybridized carbons (Fsp3) is 0.294. The second-order valence-electron chi connectivity index (χ2n) is 5.42. The summed E-state index contributed by atoms with van der Waals surface area (Å²) in [5.74, 6) is -0.610. The number of hydrazine groups is 1. The minimum Gasteiger partial charge on any atom is -0.310 e. The van der Waals surface area contributed by atoms with Gasteiger partial charge in [-0.2, -0.15) is 0 Å². The minimum atomic E-state index is -0.469. The number of rotatable bonds is 4. The first-order chi connectivity index (χ1) is 11.4. The summed E-state index contributed by atoms with van der Waals surface area (Å²) in [5.41, 5.74) is 6.93. The van der Waals surface area contributed by atoms with Gasteiger partial charge in [0.15, 0.2) is 0 Å². The van der Waals surface area contributed by atoms with Crippen molar-refractivity contribution in [1.29, 1.82) is 0 Å². The van der Waals surface area contributed by atoms with Gasteiger partial charge >= 0.3 is 0 Å². The number of hydrogen-bond acceptors (Lipinski definition) is 4. The van der Waals surface area contributed by atoms with Gasteiger partial charge in [0.2, 0.25) is 5.91 Å². The quantitative estimate of drug-likeness (QED) is 0.727. The molecule has 0 aliphatic rings. The van der Waals surface area contributed by atoms with Gasteiger partial charge in [0.1, 0.15) is 5.82 Å². The highest BCUT2D eigenvalue weighted by molar-refractivity contribution is 5.96. The zero-order valence-corrected chi connectivity index (χ0v) is 13.9. The van der Waals surface area contributed by atoms with Crippen molar-refractivity contribution in [3.63, 3.8) is 0 Å². The lowest BCUT2D eigenvalue weighted by Gasteiger charge is -2.09. The summed E-state index contributed by atoms with van der Waals surface area (Å²) in [7, 11) is 0. The highest BCUT2D eigenvalue weighted by Gasteiger charge is 2.12. The highest BCUT2D eigenvalue weighted by atomic mass is 16.2. The normalized spacial score (nSPS) is 10.3. The summed E-state index contributed by atoms with van der Waals surface area (Å²) in [6.45, 7) is 5.41. The van der Waals surface area contributed by atoms with E-state index in [2.05, 4.69) is 20.8 Å². The Bertz CT molecular complexity index is 827. The zero-order valence-electron chi connectivity index (χ0n) is 13.9. The van der Waals surface area contributed by atoms with Crippen LogP contribution >= 0.6 is 0 Å². The Morgan fingerprint density at radius 2 is 1.88 bits per heavy atom. The van der Waals surface area contributed by atoms with Crippen LogP contribution in [0.1, 0.15) is 39.9 Å². The SMILES string of the molecule is CCc1c(C)nc(CC(=O)NNC(=O)c2ccccc2C)[nH]c1=O. The average Bonchev–Trinajstić information content (AvgIpc) is 2.53. The van der Waals surface area contributed by atoms with E-state index < -0.39 is 11.8 Å². The van der Waals surface area contributed by atoms with Crippen LogP contribution in [-0.2, 0) is 17.6 Å². The molecule has 0 spiro atoms. The molecule has 1 aromatic heterocycles. The molecule has 0 radical (unpaired) electrons. The van der Waals surface area contributed by atoms with E-state index in [0.29, 0.717) is 23.2 Å². The number of carbonyl (C=O) groups is 2. The maximum absolute atomic E-state index is 12.0. The van der Waals surface area contributed by atoms with Gasteiger partial charge in [-0.15, -0.1) is 0 Å². The molecule has 0 unspecified atom stereocenters. The van der Waals surface area contributed by atoms with Crippen LogP contribution in [0.4, 0.5) is 0 Å². The van der Waals surface area contributed by atoms with Crippen LogP contribution in [0.3, 0.4) is 0 Å². The summed E-state index contributed by atoms with van der Waals surface area (Å²) < 4.78 is 0. The molecule has 0 saturated carbocycles. The third kappa shape index (κ3) is 4.07. The van der Waals surface area contributed by atoms with Crippen LogP contribution in [0.5, 0.6) is 0 Å². The molecule has 3 N–H and O–H groups in total. The lowest BCUT2D eigenvalue weighted by Crippen LogP contribution is -2.43. The summed E-state index contributed by atoms with van der Waals surface area (Å²) in [6, 6.07) is 7.05. The molecular weight excluding hydrogens is 308 g/mol. The summed E-state index contributed by atoms with van der Waals surface area (Å²) >= 11 is 0. The lowest BCUT2D eigenvalue weighted by atomic mass is 10.1. The highest BCUT2D eigenvalue weighted by Crippen LogP contribution is 2.06. The van der Waals surface area contributed by atoms with E-state index in [1.807, 2.05) is 26.0 Å². The van der Waals surface area contributed by atoms with Crippen molar-refractivity contribution in [3.8, 4) is 0 Å². The molecular formula is C17H20N4O3. The largest absolute Gasteiger partial charge is 0.310 e. The van der Waals surface area contributed by atoms with Crippen molar-refractivity contribution in [3.05, 3.63) is 62.8 Å². The van der Waals surface area contributed by atoms with Gasteiger partial charge in [0.25, 0.3) is 11.5 Å².